The molecular formula is C11H12F6O3S. The zero-order chi connectivity index (χ0) is 16.3. The molecule has 3 nitrogen and oxygen atoms in total. The Morgan fingerprint density at radius 1 is 1.00 bits per heavy atom. The van der Waals surface area contributed by atoms with Gasteiger partial charge >= 0.3 is 12.4 Å². The molecule has 0 radical (unpaired) electrons. The van der Waals surface area contributed by atoms with Crippen LogP contribution in [0.25, 0.3) is 0 Å². The molecule has 0 aromatic carbocycles. The van der Waals surface area contributed by atoms with Gasteiger partial charge in [0, 0.05) is 0 Å². The normalized spacial score (nSPS) is 30.1. The van der Waals surface area contributed by atoms with Crippen LogP contribution in [0.15, 0.2) is 12.2 Å². The van der Waals surface area contributed by atoms with Crippen LogP contribution in [0.3, 0.4) is 0 Å². The highest BCUT2D eigenvalue weighted by molar-refractivity contribution is 7.87. The Hall–Kier alpha value is -0.770. The van der Waals surface area contributed by atoms with Crippen LogP contribution in [0.1, 0.15) is 19.3 Å². The molecule has 3 unspecified atom stereocenters. The predicted molar refractivity (Wildman–Crippen MR) is 59.9 cm³/mol. The first-order valence-electron chi connectivity index (χ1n) is 6.08. The molecule has 1 saturated carbocycles. The Morgan fingerprint density at radius 2 is 1.52 bits per heavy atom. The molecule has 0 saturated heterocycles. The number of halogens is 6. The van der Waals surface area contributed by atoms with E-state index in [0.717, 1.165) is 0 Å². The van der Waals surface area contributed by atoms with Crippen LogP contribution >= 0.6 is 0 Å². The Bertz CT molecular complexity index is 533. The molecule has 0 aromatic rings. The van der Waals surface area contributed by atoms with E-state index in [0.29, 0.717) is 6.42 Å². The molecule has 21 heavy (non-hydrogen) atoms. The highest BCUT2D eigenvalue weighted by Gasteiger charge is 2.79. The van der Waals surface area contributed by atoms with Gasteiger partial charge in [-0.2, -0.15) is 34.8 Å². The zero-order valence-corrected chi connectivity index (χ0v) is 11.3. The van der Waals surface area contributed by atoms with Crippen LogP contribution in [0.5, 0.6) is 0 Å². The number of allylic oxidation sites excluding steroid dienone is 2. The standard InChI is InChI=1S/C11H12F6O3S/c12-10(13,14)9(11(15,16)17,21(18,19)20)5-8-4-6-1-2-7(8)3-6/h1-2,6-8H,3-5H2,(H,18,19,20). The molecule has 0 aromatic heterocycles. The third-order valence-electron chi connectivity index (χ3n) is 4.32. The quantitative estimate of drug-likeness (QED) is 0.488. The summed E-state index contributed by atoms with van der Waals surface area (Å²) in [6, 6.07) is 0. The second kappa shape index (κ2) is 4.61. The highest BCUT2D eigenvalue weighted by Crippen LogP contribution is 2.56. The van der Waals surface area contributed by atoms with Crippen LogP contribution in [0.4, 0.5) is 26.3 Å². The maximum atomic E-state index is 13.0. The van der Waals surface area contributed by atoms with Crippen LogP contribution in [-0.2, 0) is 10.1 Å². The molecule has 0 heterocycles. The topological polar surface area (TPSA) is 54.4 Å². The van der Waals surface area contributed by atoms with Gasteiger partial charge in [-0.25, -0.2) is 0 Å². The lowest BCUT2D eigenvalue weighted by molar-refractivity contribution is -0.273. The van der Waals surface area contributed by atoms with Crippen LogP contribution < -0.4 is 0 Å². The Labute approximate surface area is 116 Å². The van der Waals surface area contributed by atoms with Crippen LogP contribution in [0.2, 0.25) is 0 Å². The summed E-state index contributed by atoms with van der Waals surface area (Å²) in [5.74, 6) is -1.72. The Kier molecular flexibility index (Phi) is 3.64. The van der Waals surface area contributed by atoms with Gasteiger partial charge in [0.15, 0.2) is 0 Å². The summed E-state index contributed by atoms with van der Waals surface area (Å²) in [6.45, 7) is 0. The number of fused-ring (bicyclic) bond motifs is 2. The first-order chi connectivity index (χ1) is 9.29. The Balaban J connectivity index is 2.48. The second-order valence-corrected chi connectivity index (χ2v) is 7.19. The lowest BCUT2D eigenvalue weighted by Crippen LogP contribution is -2.62. The van der Waals surface area contributed by atoms with Crippen molar-refractivity contribution in [3.63, 3.8) is 0 Å². The largest absolute Gasteiger partial charge is 0.419 e. The summed E-state index contributed by atoms with van der Waals surface area (Å²) in [5.41, 5.74) is 0. The highest BCUT2D eigenvalue weighted by atomic mass is 32.2. The van der Waals surface area contributed by atoms with Gasteiger partial charge in [-0.1, -0.05) is 12.2 Å². The number of alkyl halides is 6. The molecule has 2 bridgehead atoms. The first kappa shape index (κ1) is 16.6. The van der Waals surface area contributed by atoms with Crippen molar-refractivity contribution in [2.45, 2.75) is 36.4 Å². The molecule has 2 aliphatic rings. The first-order valence-corrected chi connectivity index (χ1v) is 7.52. The average molecular weight is 338 g/mol. The van der Waals surface area contributed by atoms with E-state index >= 15 is 0 Å². The molecule has 2 aliphatic carbocycles. The minimum Gasteiger partial charge on any atom is -0.285 e. The number of hydrogen-bond acceptors (Lipinski definition) is 2. The van der Waals surface area contributed by atoms with Crippen molar-refractivity contribution < 1.29 is 39.3 Å². The fourth-order valence-electron chi connectivity index (χ4n) is 3.29. The van der Waals surface area contributed by atoms with E-state index in [1.165, 1.54) is 6.08 Å². The van der Waals surface area contributed by atoms with Gasteiger partial charge in [-0.3, -0.25) is 4.55 Å². The summed E-state index contributed by atoms with van der Waals surface area (Å²) < 4.78 is 104. The Morgan fingerprint density at radius 3 is 1.81 bits per heavy atom. The smallest absolute Gasteiger partial charge is 0.285 e. The third-order valence-corrected chi connectivity index (χ3v) is 5.83. The molecule has 122 valence electrons. The fraction of sp³-hybridized carbons (Fsp3) is 0.818. The summed E-state index contributed by atoms with van der Waals surface area (Å²) in [6.07, 6.45) is -10.3. The van der Waals surface area contributed by atoms with Crippen molar-refractivity contribution in [2.24, 2.45) is 17.8 Å². The van der Waals surface area contributed by atoms with E-state index in [-0.39, 0.29) is 12.3 Å². The van der Waals surface area contributed by atoms with E-state index in [2.05, 4.69) is 0 Å². The predicted octanol–water partition coefficient (Wildman–Crippen LogP) is 3.34. The van der Waals surface area contributed by atoms with Gasteiger partial charge in [0.05, 0.1) is 0 Å². The van der Waals surface area contributed by atoms with Crippen molar-refractivity contribution >= 4 is 10.1 Å². The summed E-state index contributed by atoms with van der Waals surface area (Å²) in [7, 11) is -6.42. The van der Waals surface area contributed by atoms with Gasteiger partial charge in [-0.15, -0.1) is 0 Å². The molecule has 3 atom stereocenters. The monoisotopic (exact) mass is 338 g/mol. The van der Waals surface area contributed by atoms with E-state index in [4.69, 9.17) is 4.55 Å². The molecule has 0 aliphatic heterocycles. The minimum atomic E-state index is -6.42. The zero-order valence-electron chi connectivity index (χ0n) is 10.4. The molecule has 2 rings (SSSR count). The van der Waals surface area contributed by atoms with Crippen molar-refractivity contribution in [1.82, 2.24) is 0 Å². The maximum absolute atomic E-state index is 13.0. The lowest BCUT2D eigenvalue weighted by Gasteiger charge is -2.37. The minimum absolute atomic E-state index is 0.0601. The third kappa shape index (κ3) is 2.45. The summed E-state index contributed by atoms with van der Waals surface area (Å²) in [4.78, 5) is 0. The van der Waals surface area contributed by atoms with Gasteiger partial charge < -0.3 is 0 Å². The van der Waals surface area contributed by atoms with Crippen LogP contribution in [-0.4, -0.2) is 30.1 Å². The van der Waals surface area contributed by atoms with Gasteiger partial charge in [-0.05, 0) is 37.0 Å². The lowest BCUT2D eigenvalue weighted by atomic mass is 9.84. The average Bonchev–Trinajstić information content (AvgIpc) is 2.81. The summed E-state index contributed by atoms with van der Waals surface area (Å²) in [5, 5.41) is 0. The molecule has 0 amide bonds. The maximum Gasteiger partial charge on any atom is 0.419 e. The van der Waals surface area contributed by atoms with Crippen molar-refractivity contribution in [2.75, 3.05) is 0 Å². The number of hydrogen-bond donors (Lipinski definition) is 1. The second-order valence-electron chi connectivity index (χ2n) is 5.54. The SMILES string of the molecule is O=S(=O)(O)C(CC1CC2C=CC1C2)(C(F)(F)F)C(F)(F)F. The van der Waals surface area contributed by atoms with E-state index < -0.39 is 45.5 Å². The van der Waals surface area contributed by atoms with Crippen molar-refractivity contribution in [3.05, 3.63) is 12.2 Å². The van der Waals surface area contributed by atoms with Crippen molar-refractivity contribution in [1.29, 1.82) is 0 Å². The van der Waals surface area contributed by atoms with E-state index in [1.54, 1.807) is 6.08 Å². The van der Waals surface area contributed by atoms with Gasteiger partial charge in [0.2, 0.25) is 0 Å². The molecule has 1 fully saturated rings. The van der Waals surface area contributed by atoms with Crippen molar-refractivity contribution in [3.8, 4) is 0 Å². The molecule has 1 N–H and O–H groups in total. The molecule has 0 spiro atoms. The van der Waals surface area contributed by atoms with E-state index in [9.17, 15) is 34.8 Å². The number of rotatable bonds is 3. The van der Waals surface area contributed by atoms with Gasteiger partial charge in [0.25, 0.3) is 14.9 Å². The summed E-state index contributed by atoms with van der Waals surface area (Å²) >= 11 is 0. The van der Waals surface area contributed by atoms with Gasteiger partial charge in [0.1, 0.15) is 0 Å². The molecular weight excluding hydrogens is 326 g/mol. The molecule has 10 heteroatoms. The fourth-order valence-corrected chi connectivity index (χ4v) is 4.30. The van der Waals surface area contributed by atoms with Crippen LogP contribution in [0, 0.1) is 17.8 Å². The van der Waals surface area contributed by atoms with E-state index in [1.807, 2.05) is 0 Å².